The van der Waals surface area contributed by atoms with Crippen molar-refractivity contribution >= 4 is 38.7 Å². The van der Waals surface area contributed by atoms with E-state index in [1.807, 2.05) is 44.3 Å². The molecule has 3 aromatic rings. The van der Waals surface area contributed by atoms with Gasteiger partial charge in [-0.2, -0.15) is 5.10 Å². The van der Waals surface area contributed by atoms with Crippen LogP contribution >= 0.6 is 15.9 Å². The third-order valence-electron chi connectivity index (χ3n) is 3.58. The number of fused-ring (bicyclic) bond motifs is 1. The molecule has 0 spiro atoms. The van der Waals surface area contributed by atoms with Gasteiger partial charge in [0.15, 0.2) is 0 Å². The third-order valence-corrected chi connectivity index (χ3v) is 4.17. The molecular formula is C16H16BrN5O. The molecule has 23 heavy (non-hydrogen) atoms. The quantitative estimate of drug-likeness (QED) is 0.736. The third kappa shape index (κ3) is 3.34. The zero-order valence-electron chi connectivity index (χ0n) is 12.7. The van der Waals surface area contributed by atoms with Gasteiger partial charge in [0.1, 0.15) is 10.4 Å². The second-order valence-corrected chi connectivity index (χ2v) is 5.98. The molecule has 0 saturated heterocycles. The number of benzene rings is 1. The van der Waals surface area contributed by atoms with Gasteiger partial charge in [-0.15, -0.1) is 0 Å². The van der Waals surface area contributed by atoms with Crippen LogP contribution in [-0.2, 0) is 7.05 Å². The highest BCUT2D eigenvalue weighted by molar-refractivity contribution is 9.10. The van der Waals surface area contributed by atoms with E-state index in [0.29, 0.717) is 5.82 Å². The fourth-order valence-corrected chi connectivity index (χ4v) is 2.90. The summed E-state index contributed by atoms with van der Waals surface area (Å²) in [6, 6.07) is 11.2. The Morgan fingerprint density at radius 3 is 2.78 bits per heavy atom. The zero-order valence-corrected chi connectivity index (χ0v) is 14.3. The molecule has 2 N–H and O–H groups in total. The van der Waals surface area contributed by atoms with Crippen molar-refractivity contribution in [1.82, 2.24) is 20.1 Å². The van der Waals surface area contributed by atoms with Gasteiger partial charge in [0.2, 0.25) is 0 Å². The Labute approximate surface area is 142 Å². The lowest BCUT2D eigenvalue weighted by molar-refractivity contribution is 0.249. The number of pyridine rings is 1. The molecule has 2 amide bonds. The van der Waals surface area contributed by atoms with Gasteiger partial charge in [-0.3, -0.25) is 10.00 Å². The van der Waals surface area contributed by atoms with Crippen molar-refractivity contribution in [2.45, 2.75) is 13.0 Å². The molecule has 3 rings (SSSR count). The number of hydrogen-bond acceptors (Lipinski definition) is 3. The normalized spacial score (nSPS) is 12.1. The lowest BCUT2D eigenvalue weighted by Gasteiger charge is -2.14. The molecule has 118 valence electrons. The van der Waals surface area contributed by atoms with Crippen LogP contribution in [0.15, 0.2) is 47.2 Å². The Morgan fingerprint density at radius 1 is 1.30 bits per heavy atom. The Balaban J connectivity index is 1.71. The first kappa shape index (κ1) is 15.5. The maximum absolute atomic E-state index is 12.1. The number of amides is 2. The smallest absolute Gasteiger partial charge is 0.320 e. The Morgan fingerprint density at radius 2 is 2.04 bits per heavy atom. The number of carbonyl (C=O) groups is 1. The molecule has 0 aliphatic rings. The molecule has 2 heterocycles. The number of rotatable bonds is 3. The minimum absolute atomic E-state index is 0.0919. The van der Waals surface area contributed by atoms with Crippen molar-refractivity contribution < 1.29 is 4.79 Å². The highest BCUT2D eigenvalue weighted by atomic mass is 79.9. The van der Waals surface area contributed by atoms with E-state index in [1.54, 1.807) is 16.9 Å². The monoisotopic (exact) mass is 373 g/mol. The average Bonchev–Trinajstić information content (AvgIpc) is 2.82. The van der Waals surface area contributed by atoms with Crippen molar-refractivity contribution in [2.75, 3.05) is 5.32 Å². The molecule has 0 saturated carbocycles. The van der Waals surface area contributed by atoms with Crippen LogP contribution in [0.5, 0.6) is 0 Å². The van der Waals surface area contributed by atoms with E-state index in [9.17, 15) is 4.79 Å². The van der Waals surface area contributed by atoms with Crippen LogP contribution in [0, 0.1) is 0 Å². The highest BCUT2D eigenvalue weighted by Crippen LogP contribution is 2.23. The van der Waals surface area contributed by atoms with Crippen molar-refractivity contribution in [3.05, 3.63) is 52.8 Å². The number of hydrogen-bond donors (Lipinski definition) is 2. The molecule has 0 fully saturated rings. The lowest BCUT2D eigenvalue weighted by Crippen LogP contribution is -2.31. The highest BCUT2D eigenvalue weighted by Gasteiger charge is 2.12. The number of nitrogens with zero attached hydrogens (tertiary/aromatic N) is 3. The summed E-state index contributed by atoms with van der Waals surface area (Å²) in [6.45, 7) is 1.93. The number of urea groups is 1. The number of anilines is 1. The van der Waals surface area contributed by atoms with Gasteiger partial charge in [-0.1, -0.05) is 30.3 Å². The van der Waals surface area contributed by atoms with Crippen LogP contribution in [0.2, 0.25) is 0 Å². The van der Waals surface area contributed by atoms with Gasteiger partial charge in [0, 0.05) is 19.3 Å². The maximum Gasteiger partial charge on any atom is 0.320 e. The molecule has 0 aliphatic heterocycles. The van der Waals surface area contributed by atoms with Crippen molar-refractivity contribution in [1.29, 1.82) is 0 Å². The van der Waals surface area contributed by atoms with Gasteiger partial charge >= 0.3 is 6.03 Å². The van der Waals surface area contributed by atoms with E-state index < -0.39 is 0 Å². The Hall–Kier alpha value is -2.41. The fraction of sp³-hybridized carbons (Fsp3) is 0.188. The number of aryl methyl sites for hydroxylation is 1. The van der Waals surface area contributed by atoms with Crippen LogP contribution in [0.1, 0.15) is 18.5 Å². The van der Waals surface area contributed by atoms with Crippen molar-refractivity contribution in [3.8, 4) is 0 Å². The number of nitrogens with one attached hydrogen (secondary N) is 2. The fourth-order valence-electron chi connectivity index (χ4n) is 2.35. The van der Waals surface area contributed by atoms with Crippen LogP contribution in [0.25, 0.3) is 10.9 Å². The summed E-state index contributed by atoms with van der Waals surface area (Å²) in [5, 5.41) is 10.8. The van der Waals surface area contributed by atoms with E-state index in [0.717, 1.165) is 21.1 Å². The molecule has 0 aliphatic carbocycles. The standard InChI is InChI=1S/C16H16BrN5O/c1-10(11-6-4-3-5-7-11)19-16(23)20-14-8-13-12(9-18-14)15(17)21-22(13)2/h3-10H,1-2H3,(H2,18,19,20,23)/t10-/m1/s1. The van der Waals surface area contributed by atoms with E-state index in [1.165, 1.54) is 0 Å². The summed E-state index contributed by atoms with van der Waals surface area (Å²) in [4.78, 5) is 16.4. The summed E-state index contributed by atoms with van der Waals surface area (Å²) < 4.78 is 2.47. The van der Waals surface area contributed by atoms with E-state index in [2.05, 4.69) is 36.6 Å². The molecule has 1 aromatic carbocycles. The number of halogens is 1. The predicted molar refractivity (Wildman–Crippen MR) is 93.2 cm³/mol. The lowest BCUT2D eigenvalue weighted by atomic mass is 10.1. The Bertz CT molecular complexity index is 846. The molecule has 6 nitrogen and oxygen atoms in total. The molecular weight excluding hydrogens is 358 g/mol. The summed E-state index contributed by atoms with van der Waals surface area (Å²) in [5.41, 5.74) is 1.93. The maximum atomic E-state index is 12.1. The summed E-state index contributed by atoms with van der Waals surface area (Å²) in [7, 11) is 1.84. The minimum atomic E-state index is -0.297. The van der Waals surface area contributed by atoms with Gasteiger partial charge in [0.25, 0.3) is 0 Å². The largest absolute Gasteiger partial charge is 0.331 e. The molecule has 0 unspecified atom stereocenters. The first-order chi connectivity index (χ1) is 11.0. The SMILES string of the molecule is C[C@@H](NC(=O)Nc1cc2c(cn1)c(Br)nn2C)c1ccccc1. The van der Waals surface area contributed by atoms with Gasteiger partial charge in [-0.05, 0) is 28.4 Å². The summed E-state index contributed by atoms with van der Waals surface area (Å²) in [5.74, 6) is 0.478. The first-order valence-corrected chi connectivity index (χ1v) is 7.94. The van der Waals surface area contributed by atoms with Gasteiger partial charge < -0.3 is 5.32 Å². The van der Waals surface area contributed by atoms with E-state index in [-0.39, 0.29) is 12.1 Å². The van der Waals surface area contributed by atoms with Gasteiger partial charge in [-0.25, -0.2) is 9.78 Å². The molecule has 0 bridgehead atoms. The Kier molecular flexibility index (Phi) is 4.29. The minimum Gasteiger partial charge on any atom is -0.331 e. The van der Waals surface area contributed by atoms with Crippen molar-refractivity contribution in [2.24, 2.45) is 7.05 Å². The average molecular weight is 374 g/mol. The second-order valence-electron chi connectivity index (χ2n) is 5.23. The topological polar surface area (TPSA) is 71.8 Å². The van der Waals surface area contributed by atoms with E-state index in [4.69, 9.17) is 0 Å². The van der Waals surface area contributed by atoms with Crippen LogP contribution in [0.4, 0.5) is 10.6 Å². The van der Waals surface area contributed by atoms with Crippen molar-refractivity contribution in [3.63, 3.8) is 0 Å². The summed E-state index contributed by atoms with van der Waals surface area (Å²) in [6.07, 6.45) is 1.68. The molecule has 2 aromatic heterocycles. The number of aromatic nitrogens is 3. The van der Waals surface area contributed by atoms with Crippen LogP contribution < -0.4 is 10.6 Å². The second kappa shape index (κ2) is 6.37. The first-order valence-electron chi connectivity index (χ1n) is 7.15. The van der Waals surface area contributed by atoms with Gasteiger partial charge in [0.05, 0.1) is 16.9 Å². The van der Waals surface area contributed by atoms with E-state index >= 15 is 0 Å². The number of carbonyl (C=O) groups excluding carboxylic acids is 1. The predicted octanol–water partition coefficient (Wildman–Crippen LogP) is 3.61. The molecule has 1 atom stereocenters. The summed E-state index contributed by atoms with van der Waals surface area (Å²) >= 11 is 3.38. The van der Waals surface area contributed by atoms with Crippen LogP contribution in [0.3, 0.4) is 0 Å². The molecule has 0 radical (unpaired) electrons. The zero-order chi connectivity index (χ0) is 16.4. The van der Waals surface area contributed by atoms with Crippen LogP contribution in [-0.4, -0.2) is 20.8 Å². The molecule has 7 heteroatoms.